The molecule has 1 fully saturated rings. The van der Waals surface area contributed by atoms with Crippen molar-refractivity contribution in [3.05, 3.63) is 22.4 Å². The molecule has 102 valence electrons. The Labute approximate surface area is 115 Å². The van der Waals surface area contributed by atoms with Crippen molar-refractivity contribution in [3.63, 3.8) is 0 Å². The zero-order valence-corrected chi connectivity index (χ0v) is 12.5. The lowest BCUT2D eigenvalue weighted by Crippen LogP contribution is -2.42. The van der Waals surface area contributed by atoms with Gasteiger partial charge >= 0.3 is 0 Å². The van der Waals surface area contributed by atoms with E-state index < -0.39 is 0 Å². The molecule has 0 amide bonds. The van der Waals surface area contributed by atoms with Gasteiger partial charge in [0.15, 0.2) is 0 Å². The molecule has 1 saturated carbocycles. The van der Waals surface area contributed by atoms with Crippen LogP contribution in [-0.2, 0) is 6.54 Å². The first-order chi connectivity index (χ1) is 8.69. The molecule has 0 aliphatic heterocycles. The van der Waals surface area contributed by atoms with Crippen LogP contribution in [0, 0.1) is 11.8 Å². The molecule has 2 N–H and O–H groups in total. The summed E-state index contributed by atoms with van der Waals surface area (Å²) in [6, 6.07) is 4.79. The van der Waals surface area contributed by atoms with Gasteiger partial charge < -0.3 is 5.73 Å². The van der Waals surface area contributed by atoms with E-state index in [2.05, 4.69) is 36.3 Å². The molecule has 0 aromatic carbocycles. The second kappa shape index (κ2) is 6.69. The molecule has 0 spiro atoms. The second-order valence-corrected chi connectivity index (χ2v) is 6.78. The SMILES string of the molecule is CCN(Cc1cccs1)CC1CC(C)CCC1N. The van der Waals surface area contributed by atoms with Gasteiger partial charge in [-0.2, -0.15) is 0 Å². The predicted octanol–water partition coefficient (Wildman–Crippen LogP) is 3.33. The van der Waals surface area contributed by atoms with E-state index in [0.29, 0.717) is 12.0 Å². The third-order valence-electron chi connectivity index (χ3n) is 4.20. The van der Waals surface area contributed by atoms with E-state index in [-0.39, 0.29) is 0 Å². The summed E-state index contributed by atoms with van der Waals surface area (Å²) in [6.07, 6.45) is 3.83. The molecule has 0 saturated heterocycles. The van der Waals surface area contributed by atoms with Crippen LogP contribution in [0.15, 0.2) is 17.5 Å². The van der Waals surface area contributed by atoms with Crippen molar-refractivity contribution in [1.29, 1.82) is 0 Å². The lowest BCUT2D eigenvalue weighted by atomic mass is 9.79. The third kappa shape index (κ3) is 3.81. The molecule has 2 rings (SSSR count). The number of rotatable bonds is 5. The Hall–Kier alpha value is -0.380. The summed E-state index contributed by atoms with van der Waals surface area (Å²) in [7, 11) is 0. The number of nitrogens with two attached hydrogens (primary N) is 1. The average molecular weight is 266 g/mol. The van der Waals surface area contributed by atoms with E-state index in [0.717, 1.165) is 19.0 Å². The van der Waals surface area contributed by atoms with Crippen LogP contribution in [-0.4, -0.2) is 24.0 Å². The normalized spacial score (nSPS) is 28.8. The van der Waals surface area contributed by atoms with Gasteiger partial charge in [-0.05, 0) is 49.1 Å². The molecule has 1 aromatic rings. The summed E-state index contributed by atoms with van der Waals surface area (Å²) in [5.74, 6) is 1.55. The Bertz CT molecular complexity index is 336. The van der Waals surface area contributed by atoms with Crippen molar-refractivity contribution in [2.75, 3.05) is 13.1 Å². The van der Waals surface area contributed by atoms with Crippen molar-refractivity contribution in [2.24, 2.45) is 17.6 Å². The zero-order valence-electron chi connectivity index (χ0n) is 11.6. The van der Waals surface area contributed by atoms with Crippen molar-refractivity contribution >= 4 is 11.3 Å². The standard InChI is InChI=1S/C15H26N2S/c1-3-17(11-14-5-4-8-18-14)10-13-9-12(2)6-7-15(13)16/h4-5,8,12-13,15H,3,6-7,9-11,16H2,1-2H3. The Morgan fingerprint density at radius 1 is 1.44 bits per heavy atom. The molecule has 3 heteroatoms. The summed E-state index contributed by atoms with van der Waals surface area (Å²) in [5.41, 5.74) is 6.29. The fourth-order valence-electron chi connectivity index (χ4n) is 2.99. The number of hydrogen-bond donors (Lipinski definition) is 1. The van der Waals surface area contributed by atoms with Crippen LogP contribution in [0.3, 0.4) is 0 Å². The maximum absolute atomic E-state index is 6.29. The minimum Gasteiger partial charge on any atom is -0.327 e. The molecule has 0 bridgehead atoms. The average Bonchev–Trinajstić information content (AvgIpc) is 2.85. The topological polar surface area (TPSA) is 29.3 Å². The maximum Gasteiger partial charge on any atom is 0.0327 e. The molecule has 18 heavy (non-hydrogen) atoms. The molecule has 1 heterocycles. The lowest BCUT2D eigenvalue weighted by molar-refractivity contribution is 0.162. The van der Waals surface area contributed by atoms with Gasteiger partial charge in [0.05, 0.1) is 0 Å². The van der Waals surface area contributed by atoms with E-state index in [1.165, 1.54) is 30.7 Å². The summed E-state index contributed by atoms with van der Waals surface area (Å²) < 4.78 is 0. The van der Waals surface area contributed by atoms with Gasteiger partial charge in [-0.25, -0.2) is 0 Å². The molecule has 1 aliphatic carbocycles. The Morgan fingerprint density at radius 2 is 2.28 bits per heavy atom. The van der Waals surface area contributed by atoms with Gasteiger partial charge in [0, 0.05) is 24.0 Å². The zero-order chi connectivity index (χ0) is 13.0. The fourth-order valence-corrected chi connectivity index (χ4v) is 3.74. The van der Waals surface area contributed by atoms with E-state index in [1.54, 1.807) is 0 Å². The lowest BCUT2D eigenvalue weighted by Gasteiger charge is -2.35. The molecular weight excluding hydrogens is 240 g/mol. The van der Waals surface area contributed by atoms with Crippen molar-refractivity contribution in [1.82, 2.24) is 4.90 Å². The quantitative estimate of drug-likeness (QED) is 0.885. The van der Waals surface area contributed by atoms with E-state index in [4.69, 9.17) is 5.73 Å². The van der Waals surface area contributed by atoms with Gasteiger partial charge in [-0.1, -0.05) is 19.9 Å². The van der Waals surface area contributed by atoms with Crippen LogP contribution in [0.1, 0.15) is 38.0 Å². The fraction of sp³-hybridized carbons (Fsp3) is 0.733. The minimum atomic E-state index is 0.415. The first-order valence-electron chi connectivity index (χ1n) is 7.19. The molecule has 1 aliphatic rings. The van der Waals surface area contributed by atoms with Gasteiger partial charge in [0.25, 0.3) is 0 Å². The first kappa shape index (κ1) is 14.0. The Kier molecular flexibility index (Phi) is 5.22. The highest BCUT2D eigenvalue weighted by molar-refractivity contribution is 7.09. The maximum atomic E-state index is 6.29. The predicted molar refractivity (Wildman–Crippen MR) is 79.8 cm³/mol. The summed E-state index contributed by atoms with van der Waals surface area (Å²) in [6.45, 7) is 8.00. The summed E-state index contributed by atoms with van der Waals surface area (Å²) in [4.78, 5) is 4.02. The van der Waals surface area contributed by atoms with E-state index in [9.17, 15) is 0 Å². The minimum absolute atomic E-state index is 0.415. The summed E-state index contributed by atoms with van der Waals surface area (Å²) in [5, 5.41) is 2.16. The molecular formula is C15H26N2S. The highest BCUT2D eigenvalue weighted by atomic mass is 32.1. The van der Waals surface area contributed by atoms with Crippen LogP contribution >= 0.6 is 11.3 Å². The summed E-state index contributed by atoms with van der Waals surface area (Å²) >= 11 is 1.86. The van der Waals surface area contributed by atoms with Crippen molar-refractivity contribution in [2.45, 2.75) is 45.7 Å². The van der Waals surface area contributed by atoms with Gasteiger partial charge in [0.1, 0.15) is 0 Å². The van der Waals surface area contributed by atoms with Crippen LogP contribution in [0.4, 0.5) is 0 Å². The number of hydrogen-bond acceptors (Lipinski definition) is 3. The molecule has 0 radical (unpaired) electrons. The van der Waals surface area contributed by atoms with Crippen LogP contribution in [0.2, 0.25) is 0 Å². The van der Waals surface area contributed by atoms with E-state index >= 15 is 0 Å². The highest BCUT2D eigenvalue weighted by Crippen LogP contribution is 2.29. The largest absolute Gasteiger partial charge is 0.327 e. The number of nitrogens with zero attached hydrogens (tertiary/aromatic N) is 1. The monoisotopic (exact) mass is 266 g/mol. The molecule has 1 aromatic heterocycles. The van der Waals surface area contributed by atoms with Gasteiger partial charge in [0.2, 0.25) is 0 Å². The van der Waals surface area contributed by atoms with Crippen LogP contribution in [0.25, 0.3) is 0 Å². The molecule has 3 atom stereocenters. The van der Waals surface area contributed by atoms with Gasteiger partial charge in [-0.15, -0.1) is 11.3 Å². The van der Waals surface area contributed by atoms with Crippen LogP contribution < -0.4 is 5.73 Å². The second-order valence-electron chi connectivity index (χ2n) is 5.75. The highest BCUT2D eigenvalue weighted by Gasteiger charge is 2.27. The third-order valence-corrected chi connectivity index (χ3v) is 5.06. The van der Waals surface area contributed by atoms with E-state index in [1.807, 2.05) is 11.3 Å². The van der Waals surface area contributed by atoms with Crippen molar-refractivity contribution in [3.8, 4) is 0 Å². The van der Waals surface area contributed by atoms with Gasteiger partial charge in [-0.3, -0.25) is 4.90 Å². The smallest absolute Gasteiger partial charge is 0.0327 e. The Morgan fingerprint density at radius 3 is 2.94 bits per heavy atom. The molecule has 3 unspecified atom stereocenters. The Balaban J connectivity index is 1.88. The molecule has 2 nitrogen and oxygen atoms in total. The number of thiophene rings is 1. The van der Waals surface area contributed by atoms with Crippen LogP contribution in [0.5, 0.6) is 0 Å². The first-order valence-corrected chi connectivity index (χ1v) is 8.07. The van der Waals surface area contributed by atoms with Crippen molar-refractivity contribution < 1.29 is 0 Å².